The summed E-state index contributed by atoms with van der Waals surface area (Å²) in [7, 11) is -0.416. The van der Waals surface area contributed by atoms with E-state index < -0.39 is 33.8 Å². The van der Waals surface area contributed by atoms with Crippen molar-refractivity contribution in [2.75, 3.05) is 71.4 Å². The van der Waals surface area contributed by atoms with Gasteiger partial charge < -0.3 is 33.5 Å². The number of piperidine rings is 1. The van der Waals surface area contributed by atoms with E-state index in [4.69, 9.17) is 27.9 Å². The molecule has 44 heavy (non-hydrogen) atoms. The van der Waals surface area contributed by atoms with Gasteiger partial charge in [0.2, 0.25) is 0 Å². The van der Waals surface area contributed by atoms with Gasteiger partial charge in [0.15, 0.2) is 0 Å². The number of nitrogens with zero attached hydrogens (tertiary/aromatic N) is 2. The number of ether oxygens (including phenoxy) is 5. The van der Waals surface area contributed by atoms with Gasteiger partial charge in [-0.3, -0.25) is 4.18 Å². The first kappa shape index (κ1) is 33.8. The van der Waals surface area contributed by atoms with Crippen LogP contribution < -0.4 is 14.4 Å². The Labute approximate surface area is 261 Å². The highest BCUT2D eigenvalue weighted by Gasteiger charge is 2.42. The molecule has 0 N–H and O–H groups in total. The molecule has 1 amide bonds. The molecule has 0 saturated carbocycles. The number of benzene rings is 2. The van der Waals surface area contributed by atoms with Gasteiger partial charge in [-0.2, -0.15) is 8.42 Å². The fourth-order valence-electron chi connectivity index (χ4n) is 5.66. The predicted octanol–water partition coefficient (Wildman–Crippen LogP) is 4.44. The van der Waals surface area contributed by atoms with E-state index in [0.717, 1.165) is 48.3 Å². The molecule has 2 aromatic rings. The van der Waals surface area contributed by atoms with Crippen molar-refractivity contribution in [2.45, 2.75) is 51.4 Å². The maximum atomic E-state index is 13.3. The number of carbonyl (C=O) groups is 1. The molecule has 0 spiro atoms. The number of likely N-dealkylation sites (tertiary alicyclic amines) is 1. The van der Waals surface area contributed by atoms with Crippen molar-refractivity contribution in [1.29, 1.82) is 0 Å². The molecule has 2 aromatic carbocycles. The minimum absolute atomic E-state index is 0.110. The molecule has 1 fully saturated rings. The first-order chi connectivity index (χ1) is 20.9. The van der Waals surface area contributed by atoms with Crippen LogP contribution in [0.25, 0.3) is 0 Å². The number of methoxy groups -OCH3 is 2. The van der Waals surface area contributed by atoms with E-state index in [1.165, 1.54) is 0 Å². The third-order valence-electron chi connectivity index (χ3n) is 7.64. The molecular weight excluding hydrogens is 588 g/mol. The van der Waals surface area contributed by atoms with E-state index in [9.17, 15) is 13.2 Å². The molecular formula is C32H46N2O9S. The summed E-state index contributed by atoms with van der Waals surface area (Å²) in [5.41, 5.74) is 2.21. The summed E-state index contributed by atoms with van der Waals surface area (Å²) in [5.74, 6) is 0.874. The summed E-state index contributed by atoms with van der Waals surface area (Å²) >= 11 is 0. The normalized spacial score (nSPS) is 20.5. The number of rotatable bonds is 12. The Bertz CT molecular complexity index is 1340. The molecule has 0 radical (unpaired) electrons. The molecule has 1 saturated heterocycles. The molecule has 0 aromatic heterocycles. The van der Waals surface area contributed by atoms with Crippen LogP contribution in [-0.2, 0) is 35.1 Å². The summed E-state index contributed by atoms with van der Waals surface area (Å²) in [6, 6.07) is 13.7. The lowest BCUT2D eigenvalue weighted by Gasteiger charge is -2.43. The van der Waals surface area contributed by atoms with E-state index in [1.807, 2.05) is 57.2 Å². The van der Waals surface area contributed by atoms with Gasteiger partial charge in [-0.25, -0.2) is 4.79 Å². The van der Waals surface area contributed by atoms with Crippen molar-refractivity contribution in [3.05, 3.63) is 53.6 Å². The minimum atomic E-state index is -3.72. The fraction of sp³-hybridized carbons (Fsp3) is 0.594. The molecule has 0 bridgehead atoms. The molecule has 12 heteroatoms. The highest BCUT2D eigenvalue weighted by atomic mass is 32.2. The molecule has 3 atom stereocenters. The third kappa shape index (κ3) is 9.47. The zero-order valence-corrected chi connectivity index (χ0v) is 27.4. The van der Waals surface area contributed by atoms with Crippen LogP contribution in [0.5, 0.6) is 11.5 Å². The summed E-state index contributed by atoms with van der Waals surface area (Å²) < 4.78 is 58.2. The lowest BCUT2D eigenvalue weighted by molar-refractivity contribution is -0.0581. The Morgan fingerprint density at radius 2 is 1.82 bits per heavy atom. The first-order valence-corrected chi connectivity index (χ1v) is 16.8. The maximum absolute atomic E-state index is 13.3. The van der Waals surface area contributed by atoms with Gasteiger partial charge in [-0.05, 0) is 62.6 Å². The number of hydrogen-bond donors (Lipinski definition) is 0. The first-order valence-electron chi connectivity index (χ1n) is 14.9. The predicted molar refractivity (Wildman–Crippen MR) is 167 cm³/mol. The van der Waals surface area contributed by atoms with Crippen molar-refractivity contribution < 1.29 is 41.1 Å². The van der Waals surface area contributed by atoms with Gasteiger partial charge in [0, 0.05) is 38.6 Å². The Hall–Kier alpha value is -3.06. The summed E-state index contributed by atoms with van der Waals surface area (Å²) in [6.07, 6.45) is 0.958. The van der Waals surface area contributed by atoms with Gasteiger partial charge >= 0.3 is 6.09 Å². The highest BCUT2D eigenvalue weighted by molar-refractivity contribution is 7.85. The lowest BCUT2D eigenvalue weighted by atomic mass is 9.79. The number of fused-ring (bicyclic) bond motifs is 1. The standard InChI is InChI=1S/C32H46N2O9S/c1-32(2,3)43-31(35)34-19-25(22-42-44(6,36)37)30(24-9-11-26(39-5)12-10-24)29(20-34)41-21-23-8-13-28-27(18-23)33(15-17-40-28)14-7-16-38-4/h8-13,18,25,29-30H,7,14-17,19-22H2,1-6H3/t25-,29-,30-/m0/s1. The van der Waals surface area contributed by atoms with E-state index in [1.54, 1.807) is 19.1 Å². The minimum Gasteiger partial charge on any atom is -0.497 e. The second-order valence-electron chi connectivity index (χ2n) is 12.3. The van der Waals surface area contributed by atoms with Gasteiger partial charge in [-0.15, -0.1) is 0 Å². The number of anilines is 1. The van der Waals surface area contributed by atoms with Gasteiger partial charge in [0.25, 0.3) is 10.1 Å². The second-order valence-corrected chi connectivity index (χ2v) is 13.9. The number of amides is 1. The van der Waals surface area contributed by atoms with Crippen molar-refractivity contribution in [2.24, 2.45) is 5.92 Å². The molecule has 0 unspecified atom stereocenters. The molecule has 2 aliphatic rings. The van der Waals surface area contributed by atoms with Gasteiger partial charge in [0.05, 0.1) is 51.5 Å². The SMILES string of the molecule is COCCCN1CCOc2ccc(CO[C@H]3CN(C(=O)OC(C)(C)C)C[C@@H](COS(C)(=O)=O)[C@@H]3c3ccc(OC)cc3)cc21. The Kier molecular flexibility index (Phi) is 11.4. The second kappa shape index (κ2) is 14.8. The zero-order valence-electron chi connectivity index (χ0n) is 26.6. The van der Waals surface area contributed by atoms with E-state index >= 15 is 0 Å². The monoisotopic (exact) mass is 634 g/mol. The maximum Gasteiger partial charge on any atom is 0.410 e. The van der Waals surface area contributed by atoms with E-state index in [0.29, 0.717) is 19.0 Å². The molecule has 244 valence electrons. The average molecular weight is 635 g/mol. The summed E-state index contributed by atoms with van der Waals surface area (Å²) in [5, 5.41) is 0. The van der Waals surface area contributed by atoms with Gasteiger partial charge in [0.1, 0.15) is 23.7 Å². The quantitative estimate of drug-likeness (QED) is 0.245. The van der Waals surface area contributed by atoms with Crippen molar-refractivity contribution in [3.63, 3.8) is 0 Å². The molecule has 4 rings (SSSR count). The molecule has 2 heterocycles. The van der Waals surface area contributed by atoms with Crippen LogP contribution in [0.2, 0.25) is 0 Å². The topological polar surface area (TPSA) is 113 Å². The van der Waals surface area contributed by atoms with Gasteiger partial charge in [-0.1, -0.05) is 18.2 Å². The summed E-state index contributed by atoms with van der Waals surface area (Å²) in [4.78, 5) is 17.1. The van der Waals surface area contributed by atoms with Crippen molar-refractivity contribution in [1.82, 2.24) is 4.90 Å². The van der Waals surface area contributed by atoms with Crippen molar-refractivity contribution in [3.8, 4) is 11.5 Å². The van der Waals surface area contributed by atoms with Crippen LogP contribution in [0.15, 0.2) is 42.5 Å². The molecule has 2 aliphatic heterocycles. The number of hydrogen-bond acceptors (Lipinski definition) is 10. The van der Waals surface area contributed by atoms with Crippen LogP contribution in [-0.4, -0.2) is 97.6 Å². The van der Waals surface area contributed by atoms with E-state index in [2.05, 4.69) is 11.0 Å². The van der Waals surface area contributed by atoms with E-state index in [-0.39, 0.29) is 32.2 Å². The van der Waals surface area contributed by atoms with Crippen LogP contribution >= 0.6 is 0 Å². The zero-order chi connectivity index (χ0) is 31.9. The molecule has 11 nitrogen and oxygen atoms in total. The smallest absolute Gasteiger partial charge is 0.410 e. The third-order valence-corrected chi connectivity index (χ3v) is 8.20. The fourth-order valence-corrected chi connectivity index (χ4v) is 6.08. The lowest BCUT2D eigenvalue weighted by Crippen LogP contribution is -2.53. The largest absolute Gasteiger partial charge is 0.497 e. The molecule has 0 aliphatic carbocycles. The number of carbonyl (C=O) groups excluding carboxylic acids is 1. The van der Waals surface area contributed by atoms with Crippen LogP contribution in [0.4, 0.5) is 10.5 Å². The van der Waals surface area contributed by atoms with Crippen LogP contribution in [0.3, 0.4) is 0 Å². The highest BCUT2D eigenvalue weighted by Crippen LogP contribution is 2.38. The Morgan fingerprint density at radius 1 is 1.07 bits per heavy atom. The Balaban J connectivity index is 1.62. The average Bonchev–Trinajstić information content (AvgIpc) is 2.97. The summed E-state index contributed by atoms with van der Waals surface area (Å²) in [6.45, 7) is 9.05. The Morgan fingerprint density at radius 3 is 2.48 bits per heavy atom. The van der Waals surface area contributed by atoms with Crippen LogP contribution in [0, 0.1) is 5.92 Å². The van der Waals surface area contributed by atoms with Crippen LogP contribution in [0.1, 0.15) is 44.2 Å². The van der Waals surface area contributed by atoms with Crippen molar-refractivity contribution >= 4 is 21.9 Å².